The lowest BCUT2D eigenvalue weighted by Crippen LogP contribution is -1.78. The van der Waals surface area contributed by atoms with Crippen LogP contribution in [-0.4, -0.2) is 9.97 Å². The predicted octanol–water partition coefficient (Wildman–Crippen LogP) is 6.24. The van der Waals surface area contributed by atoms with E-state index in [4.69, 9.17) is 9.97 Å². The van der Waals surface area contributed by atoms with Crippen LogP contribution in [0.25, 0.3) is 41.6 Å². The summed E-state index contributed by atoms with van der Waals surface area (Å²) in [6.07, 6.45) is 0. The Labute approximate surface area is 147 Å². The van der Waals surface area contributed by atoms with Crippen LogP contribution in [0.2, 0.25) is 0 Å². The Morgan fingerprint density at radius 1 is 0.500 bits per heavy atom. The average molecular weight is 344 g/mol. The van der Waals surface area contributed by atoms with E-state index in [9.17, 15) is 0 Å². The van der Waals surface area contributed by atoms with E-state index in [-0.39, 0.29) is 0 Å². The normalized spacial score (nSPS) is 11.3. The molecule has 0 saturated carbocycles. The molecule has 24 heavy (non-hydrogen) atoms. The lowest BCUT2D eigenvalue weighted by molar-refractivity contribution is 1.46. The Morgan fingerprint density at radius 3 is 1.33 bits per heavy atom. The second-order valence-electron chi connectivity index (χ2n) is 5.55. The molecule has 0 aliphatic carbocycles. The van der Waals surface area contributed by atoms with Crippen LogP contribution in [0.5, 0.6) is 0 Å². The van der Waals surface area contributed by atoms with Gasteiger partial charge >= 0.3 is 0 Å². The van der Waals surface area contributed by atoms with Crippen molar-refractivity contribution in [1.82, 2.24) is 9.97 Å². The molecule has 114 valence electrons. The summed E-state index contributed by atoms with van der Waals surface area (Å²) in [5, 5.41) is 2.12. The number of rotatable bonds is 2. The second kappa shape index (κ2) is 5.51. The molecule has 4 heteroatoms. The molecule has 0 atom stereocenters. The average Bonchev–Trinajstić information content (AvgIpc) is 3.25. The van der Waals surface area contributed by atoms with Gasteiger partial charge in [0.15, 0.2) is 0 Å². The highest BCUT2D eigenvalue weighted by Gasteiger charge is 2.08. The minimum Gasteiger partial charge on any atom is -0.236 e. The molecule has 0 spiro atoms. The van der Waals surface area contributed by atoms with Crippen molar-refractivity contribution >= 4 is 43.1 Å². The van der Waals surface area contributed by atoms with Gasteiger partial charge in [-0.3, -0.25) is 0 Å². The summed E-state index contributed by atoms with van der Waals surface area (Å²) in [6, 6.07) is 25.1. The molecule has 0 saturated heterocycles. The maximum atomic E-state index is 4.73. The Hall–Kier alpha value is -2.56. The fraction of sp³-hybridized carbons (Fsp3) is 0. The van der Waals surface area contributed by atoms with Crippen molar-refractivity contribution in [3.8, 4) is 21.1 Å². The fourth-order valence-corrected chi connectivity index (χ4v) is 4.69. The number of hydrogen-bond acceptors (Lipinski definition) is 4. The SMILES string of the molecule is c1ccc2sc(-c3ccc(-c4nc5ccccc5s4)cc3)nc2c1. The van der Waals surface area contributed by atoms with Crippen LogP contribution in [0.4, 0.5) is 0 Å². The number of hydrogen-bond donors (Lipinski definition) is 0. The van der Waals surface area contributed by atoms with Crippen molar-refractivity contribution < 1.29 is 0 Å². The topological polar surface area (TPSA) is 25.8 Å². The van der Waals surface area contributed by atoms with Gasteiger partial charge in [-0.1, -0.05) is 48.5 Å². The maximum Gasteiger partial charge on any atom is 0.124 e. The molecule has 0 unspecified atom stereocenters. The number of benzene rings is 3. The first-order valence-corrected chi connectivity index (χ1v) is 9.32. The molecule has 0 bridgehead atoms. The summed E-state index contributed by atoms with van der Waals surface area (Å²) in [7, 11) is 0. The van der Waals surface area contributed by atoms with Gasteiger partial charge in [0.1, 0.15) is 10.0 Å². The van der Waals surface area contributed by atoms with E-state index in [1.54, 1.807) is 22.7 Å². The first kappa shape index (κ1) is 13.8. The Morgan fingerprint density at radius 2 is 0.917 bits per heavy atom. The van der Waals surface area contributed by atoms with Gasteiger partial charge in [0, 0.05) is 11.1 Å². The molecule has 5 aromatic rings. The standard InChI is InChI=1S/C20H12N2S2/c1-3-7-17-15(5-1)21-19(23-17)13-9-11-14(12-10-13)20-22-16-6-2-4-8-18(16)24-20/h1-12H. The number of aromatic nitrogens is 2. The van der Waals surface area contributed by atoms with Crippen molar-refractivity contribution in [1.29, 1.82) is 0 Å². The van der Waals surface area contributed by atoms with Crippen LogP contribution >= 0.6 is 22.7 Å². The van der Waals surface area contributed by atoms with E-state index in [2.05, 4.69) is 60.7 Å². The highest BCUT2D eigenvalue weighted by Crippen LogP contribution is 2.33. The summed E-state index contributed by atoms with van der Waals surface area (Å²) in [4.78, 5) is 9.45. The van der Waals surface area contributed by atoms with Crippen molar-refractivity contribution in [2.45, 2.75) is 0 Å². The van der Waals surface area contributed by atoms with Crippen molar-refractivity contribution in [3.05, 3.63) is 72.8 Å². The molecule has 5 rings (SSSR count). The van der Waals surface area contributed by atoms with Crippen LogP contribution in [-0.2, 0) is 0 Å². The predicted molar refractivity (Wildman–Crippen MR) is 104 cm³/mol. The smallest absolute Gasteiger partial charge is 0.124 e. The van der Waals surface area contributed by atoms with Crippen LogP contribution in [0.15, 0.2) is 72.8 Å². The monoisotopic (exact) mass is 344 g/mol. The van der Waals surface area contributed by atoms with Crippen LogP contribution < -0.4 is 0 Å². The van der Waals surface area contributed by atoms with Crippen LogP contribution in [0, 0.1) is 0 Å². The summed E-state index contributed by atoms with van der Waals surface area (Å²) in [5.74, 6) is 0. The first-order valence-electron chi connectivity index (χ1n) is 7.69. The van der Waals surface area contributed by atoms with Gasteiger partial charge in [0.25, 0.3) is 0 Å². The zero-order chi connectivity index (χ0) is 15.9. The number of thiazole rings is 2. The highest BCUT2D eigenvalue weighted by molar-refractivity contribution is 7.22. The van der Waals surface area contributed by atoms with Crippen molar-refractivity contribution in [2.75, 3.05) is 0 Å². The second-order valence-corrected chi connectivity index (χ2v) is 7.61. The number of nitrogens with zero attached hydrogens (tertiary/aromatic N) is 2. The molecule has 2 aromatic heterocycles. The fourth-order valence-electron chi connectivity index (χ4n) is 2.75. The van der Waals surface area contributed by atoms with Gasteiger partial charge in [0.2, 0.25) is 0 Å². The van der Waals surface area contributed by atoms with Gasteiger partial charge in [-0.15, -0.1) is 22.7 Å². The van der Waals surface area contributed by atoms with Crippen molar-refractivity contribution in [3.63, 3.8) is 0 Å². The molecule has 0 fully saturated rings. The molecular formula is C20H12N2S2. The third-order valence-corrected chi connectivity index (χ3v) is 6.14. The zero-order valence-corrected chi connectivity index (χ0v) is 14.3. The van der Waals surface area contributed by atoms with Crippen molar-refractivity contribution in [2.24, 2.45) is 0 Å². The highest BCUT2D eigenvalue weighted by atomic mass is 32.1. The van der Waals surface area contributed by atoms with E-state index < -0.39 is 0 Å². The van der Waals surface area contributed by atoms with E-state index >= 15 is 0 Å². The molecule has 0 radical (unpaired) electrons. The molecule has 0 N–H and O–H groups in total. The summed E-state index contributed by atoms with van der Waals surface area (Å²) in [5.41, 5.74) is 4.43. The minimum atomic E-state index is 1.06. The third-order valence-electron chi connectivity index (χ3n) is 3.97. The summed E-state index contributed by atoms with van der Waals surface area (Å²) < 4.78 is 2.45. The Balaban J connectivity index is 1.54. The molecular weight excluding hydrogens is 332 g/mol. The molecule has 0 aliphatic heterocycles. The lowest BCUT2D eigenvalue weighted by Gasteiger charge is -1.98. The van der Waals surface area contributed by atoms with Gasteiger partial charge in [-0.25, -0.2) is 9.97 Å². The number of fused-ring (bicyclic) bond motifs is 2. The van der Waals surface area contributed by atoms with E-state index in [1.807, 2.05) is 12.1 Å². The van der Waals surface area contributed by atoms with E-state index in [0.717, 1.165) is 32.2 Å². The van der Waals surface area contributed by atoms with Crippen LogP contribution in [0.1, 0.15) is 0 Å². The Bertz CT molecular complexity index is 994. The zero-order valence-electron chi connectivity index (χ0n) is 12.6. The molecule has 3 aromatic carbocycles. The summed E-state index contributed by atoms with van der Waals surface area (Å²) in [6.45, 7) is 0. The van der Waals surface area contributed by atoms with Gasteiger partial charge < -0.3 is 0 Å². The van der Waals surface area contributed by atoms with Crippen LogP contribution in [0.3, 0.4) is 0 Å². The minimum absolute atomic E-state index is 1.06. The quantitative estimate of drug-likeness (QED) is 0.379. The number of para-hydroxylation sites is 2. The lowest BCUT2D eigenvalue weighted by atomic mass is 10.1. The first-order chi connectivity index (χ1) is 11.9. The van der Waals surface area contributed by atoms with Gasteiger partial charge in [0.05, 0.1) is 20.4 Å². The van der Waals surface area contributed by atoms with Gasteiger partial charge in [-0.2, -0.15) is 0 Å². The van der Waals surface area contributed by atoms with E-state index in [1.165, 1.54) is 9.40 Å². The molecule has 0 amide bonds. The molecule has 2 heterocycles. The molecule has 2 nitrogen and oxygen atoms in total. The van der Waals surface area contributed by atoms with E-state index in [0.29, 0.717) is 0 Å². The summed E-state index contributed by atoms with van der Waals surface area (Å²) >= 11 is 3.46. The molecule has 0 aliphatic rings. The third kappa shape index (κ3) is 2.31. The van der Waals surface area contributed by atoms with Gasteiger partial charge in [-0.05, 0) is 24.3 Å². The Kier molecular flexibility index (Phi) is 3.18. The maximum absolute atomic E-state index is 4.73. The largest absolute Gasteiger partial charge is 0.236 e.